The first-order valence-electron chi connectivity index (χ1n) is 10.4. The molecule has 0 aliphatic carbocycles. The lowest BCUT2D eigenvalue weighted by Gasteiger charge is -2.38. The first-order valence-corrected chi connectivity index (χ1v) is 11.2. The van der Waals surface area contributed by atoms with Crippen LogP contribution < -0.4 is 5.32 Å². The van der Waals surface area contributed by atoms with Crippen molar-refractivity contribution in [1.29, 1.82) is 0 Å². The van der Waals surface area contributed by atoms with Crippen LogP contribution in [-0.4, -0.2) is 28.9 Å². The third-order valence-electron chi connectivity index (χ3n) is 5.37. The van der Waals surface area contributed by atoms with E-state index < -0.39 is 35.5 Å². The van der Waals surface area contributed by atoms with Crippen LogP contribution in [0.2, 0.25) is 0 Å². The maximum absolute atomic E-state index is 14.5. The minimum atomic E-state index is -0.839. The van der Waals surface area contributed by atoms with Crippen molar-refractivity contribution in [2.75, 3.05) is 6.61 Å². The molecule has 3 atom stereocenters. The van der Waals surface area contributed by atoms with Crippen molar-refractivity contribution >= 4 is 32.8 Å². The molecule has 32 heavy (non-hydrogen) atoms. The summed E-state index contributed by atoms with van der Waals surface area (Å²) in [5.74, 6) is -1.15. The van der Waals surface area contributed by atoms with Gasteiger partial charge in [-0.15, -0.1) is 0 Å². The molecule has 1 saturated heterocycles. The van der Waals surface area contributed by atoms with Gasteiger partial charge < -0.3 is 19.4 Å². The summed E-state index contributed by atoms with van der Waals surface area (Å²) in [6.07, 6.45) is 3.02. The van der Waals surface area contributed by atoms with Crippen LogP contribution in [0.3, 0.4) is 0 Å². The third kappa shape index (κ3) is 5.13. The van der Waals surface area contributed by atoms with Crippen molar-refractivity contribution in [1.82, 2.24) is 9.88 Å². The normalized spacial score (nSPS) is 21.5. The summed E-state index contributed by atoms with van der Waals surface area (Å²) >= 11 is 3.48. The number of rotatable bonds is 3. The highest BCUT2D eigenvalue weighted by Gasteiger charge is 2.36. The van der Waals surface area contributed by atoms with Crippen LogP contribution in [0.25, 0.3) is 10.8 Å². The number of aromatic nitrogens is 1. The number of halogens is 3. The van der Waals surface area contributed by atoms with Crippen LogP contribution in [0.5, 0.6) is 0 Å². The largest absolute Gasteiger partial charge is 0.444 e. The lowest BCUT2D eigenvalue weighted by molar-refractivity contribution is -0.0413. The molecule has 2 heterocycles. The van der Waals surface area contributed by atoms with Gasteiger partial charge in [0.1, 0.15) is 23.3 Å². The number of hydrogen-bond donors (Lipinski definition) is 1. The van der Waals surface area contributed by atoms with Crippen LogP contribution in [0.15, 0.2) is 53.3 Å². The summed E-state index contributed by atoms with van der Waals surface area (Å²) < 4.78 is 42.8. The van der Waals surface area contributed by atoms with Crippen LogP contribution in [0, 0.1) is 11.6 Å². The number of nitrogens with zero attached hydrogens (tertiary/aromatic N) is 1. The molecule has 1 fully saturated rings. The number of fused-ring (bicyclic) bond motifs is 1. The number of alkyl carbamates (subject to hydrolysis) is 1. The average Bonchev–Trinajstić information content (AvgIpc) is 3.11. The fraction of sp³-hybridized carbons (Fsp3) is 0.375. The van der Waals surface area contributed by atoms with Gasteiger partial charge in [0, 0.05) is 27.8 Å². The van der Waals surface area contributed by atoms with E-state index in [-0.39, 0.29) is 18.2 Å². The molecule has 0 radical (unpaired) electrons. The van der Waals surface area contributed by atoms with E-state index in [1.54, 1.807) is 20.8 Å². The second-order valence-electron chi connectivity index (χ2n) is 9.04. The zero-order chi connectivity index (χ0) is 23.0. The summed E-state index contributed by atoms with van der Waals surface area (Å²) in [6.45, 7) is 5.58. The predicted octanol–water partition coefficient (Wildman–Crippen LogP) is 6.28. The molecule has 4 rings (SSSR count). The second kappa shape index (κ2) is 8.83. The van der Waals surface area contributed by atoms with Crippen molar-refractivity contribution in [2.24, 2.45) is 0 Å². The minimum Gasteiger partial charge on any atom is -0.444 e. The van der Waals surface area contributed by atoms with Gasteiger partial charge in [0.05, 0.1) is 18.7 Å². The molecule has 1 N–H and O–H groups in total. The molecule has 1 amide bonds. The van der Waals surface area contributed by atoms with E-state index in [4.69, 9.17) is 9.47 Å². The van der Waals surface area contributed by atoms with Gasteiger partial charge in [0.2, 0.25) is 0 Å². The molecule has 2 aromatic carbocycles. The van der Waals surface area contributed by atoms with Crippen LogP contribution in [-0.2, 0) is 9.47 Å². The van der Waals surface area contributed by atoms with Gasteiger partial charge in [-0.25, -0.2) is 13.6 Å². The number of amides is 1. The Kier molecular flexibility index (Phi) is 6.27. The zero-order valence-electron chi connectivity index (χ0n) is 18.1. The molecule has 8 heteroatoms. The smallest absolute Gasteiger partial charge is 0.407 e. The van der Waals surface area contributed by atoms with E-state index in [9.17, 15) is 13.6 Å². The number of carbonyl (C=O) groups is 1. The van der Waals surface area contributed by atoms with E-state index >= 15 is 0 Å². The van der Waals surface area contributed by atoms with Gasteiger partial charge >= 0.3 is 6.09 Å². The molecule has 1 aromatic heterocycles. The lowest BCUT2D eigenvalue weighted by Crippen LogP contribution is -2.47. The van der Waals surface area contributed by atoms with Crippen molar-refractivity contribution in [3.63, 3.8) is 0 Å². The van der Waals surface area contributed by atoms with E-state index in [2.05, 4.69) is 21.2 Å². The summed E-state index contributed by atoms with van der Waals surface area (Å²) in [5, 5.41) is 4.95. The monoisotopic (exact) mass is 506 g/mol. The highest BCUT2D eigenvalue weighted by atomic mass is 79.9. The molecule has 0 unspecified atom stereocenters. The van der Waals surface area contributed by atoms with Crippen LogP contribution >= 0.6 is 15.9 Å². The highest BCUT2D eigenvalue weighted by molar-refractivity contribution is 9.10. The molecule has 1 aliphatic heterocycles. The van der Waals surface area contributed by atoms with Crippen LogP contribution in [0.1, 0.15) is 44.9 Å². The third-order valence-corrected chi connectivity index (χ3v) is 5.87. The number of carbonyl (C=O) groups excluding carboxylic acids is 1. The molecule has 0 bridgehead atoms. The maximum Gasteiger partial charge on any atom is 0.407 e. The summed E-state index contributed by atoms with van der Waals surface area (Å²) in [4.78, 5) is 12.5. The van der Waals surface area contributed by atoms with Crippen molar-refractivity contribution in [3.8, 4) is 0 Å². The Labute approximate surface area is 193 Å². The van der Waals surface area contributed by atoms with Gasteiger partial charge in [-0.1, -0.05) is 22.0 Å². The summed E-state index contributed by atoms with van der Waals surface area (Å²) in [6, 6.07) is 8.54. The molecule has 0 saturated carbocycles. The highest BCUT2D eigenvalue weighted by Crippen LogP contribution is 2.36. The van der Waals surface area contributed by atoms with Crippen molar-refractivity contribution < 1.29 is 23.0 Å². The van der Waals surface area contributed by atoms with E-state index in [1.165, 1.54) is 0 Å². The van der Waals surface area contributed by atoms with Crippen molar-refractivity contribution in [3.05, 3.63) is 70.5 Å². The van der Waals surface area contributed by atoms with Gasteiger partial charge in [0.15, 0.2) is 0 Å². The van der Waals surface area contributed by atoms with E-state index in [0.717, 1.165) is 33.4 Å². The topological polar surface area (TPSA) is 52.5 Å². The number of ether oxygens (including phenoxy) is 2. The van der Waals surface area contributed by atoms with Crippen LogP contribution in [0.4, 0.5) is 13.6 Å². The Balaban J connectivity index is 1.62. The van der Waals surface area contributed by atoms with Crippen molar-refractivity contribution in [2.45, 2.75) is 51.0 Å². The van der Waals surface area contributed by atoms with E-state index in [1.807, 2.05) is 35.2 Å². The first-order chi connectivity index (χ1) is 15.1. The maximum atomic E-state index is 14.5. The van der Waals surface area contributed by atoms with E-state index in [0.29, 0.717) is 6.42 Å². The quantitative estimate of drug-likeness (QED) is 0.454. The van der Waals surface area contributed by atoms with Gasteiger partial charge in [-0.05, 0) is 62.9 Å². The molecular formula is C24H25BrF2N2O3. The molecule has 5 nitrogen and oxygen atoms in total. The molecule has 1 aliphatic rings. The molecule has 0 spiro atoms. The minimum absolute atomic E-state index is 0.0751. The first kappa shape index (κ1) is 22.7. The number of nitrogens with one attached hydrogen (secondary N) is 1. The van der Waals surface area contributed by atoms with Gasteiger partial charge in [0.25, 0.3) is 0 Å². The zero-order valence-corrected chi connectivity index (χ0v) is 19.7. The fourth-order valence-electron chi connectivity index (χ4n) is 4.00. The Morgan fingerprint density at radius 2 is 1.91 bits per heavy atom. The standard InChI is InChI=1S/C24H25BrF2N2O3/c1-24(2,3)32-23(30)28-21-10-18(29-11-14-4-5-16(25)8-15(14)12-29)13-31-22(21)19-9-17(26)6-7-20(19)27/h4-9,11-12,18,21-22H,10,13H2,1-3H3,(H,28,30)/t18-,21+,22-/m1/s1. The summed E-state index contributed by atoms with van der Waals surface area (Å²) in [5.41, 5.74) is -0.615. The Morgan fingerprint density at radius 1 is 1.16 bits per heavy atom. The summed E-state index contributed by atoms with van der Waals surface area (Å²) in [7, 11) is 0. The predicted molar refractivity (Wildman–Crippen MR) is 122 cm³/mol. The SMILES string of the molecule is CC(C)(C)OC(=O)N[C@H]1C[C@@H](n2cc3ccc(Br)cc3c2)CO[C@@H]1c1cc(F)ccc1F. The lowest BCUT2D eigenvalue weighted by atomic mass is 9.93. The fourth-order valence-corrected chi connectivity index (χ4v) is 4.38. The molecular weight excluding hydrogens is 482 g/mol. The Morgan fingerprint density at radius 3 is 2.66 bits per heavy atom. The van der Waals surface area contributed by atoms with Gasteiger partial charge in [-0.2, -0.15) is 0 Å². The average molecular weight is 507 g/mol. The molecule has 170 valence electrons. The Bertz CT molecular complexity index is 1140. The Hall–Kier alpha value is -2.45. The number of benzene rings is 2. The second-order valence-corrected chi connectivity index (χ2v) is 9.96. The number of hydrogen-bond acceptors (Lipinski definition) is 3. The van der Waals surface area contributed by atoms with Gasteiger partial charge in [-0.3, -0.25) is 0 Å². The molecule has 3 aromatic rings.